The van der Waals surface area contributed by atoms with Crippen molar-refractivity contribution >= 4 is 34.2 Å². The Morgan fingerprint density at radius 1 is 0.769 bits per heavy atom. The number of fused-ring (bicyclic) bond motifs is 6. The van der Waals surface area contributed by atoms with Gasteiger partial charge in [0.05, 0.1) is 36.2 Å². The van der Waals surface area contributed by atoms with Crippen molar-refractivity contribution in [2.75, 3.05) is 26.4 Å². The Kier molecular flexibility index (Phi) is 3.49. The molecule has 0 saturated carbocycles. The molecular weight excluding hydrogens is 380 g/mol. The number of hydrogen-bond donors (Lipinski definition) is 0. The lowest BCUT2D eigenvalue weighted by molar-refractivity contribution is -0.368. The van der Waals surface area contributed by atoms with Crippen molar-refractivity contribution in [3.8, 4) is 9.75 Å². The molecule has 0 N–H and O–H groups in total. The molecule has 10 heteroatoms. The molecule has 2 spiro atoms. The van der Waals surface area contributed by atoms with Gasteiger partial charge in [0.25, 0.3) is 11.6 Å². The standard InChI is InChI=1S/C16H14N2O6S2/c1-7(19)13-17-11-9(25-13)10-12(18-14(26-10)8(2)20)16(23-5-6-24-16)15(11)21-3-4-22-15/h3-6H2,1-2H3. The van der Waals surface area contributed by atoms with E-state index < -0.39 is 11.6 Å². The second-order valence-electron chi connectivity index (χ2n) is 6.13. The molecule has 1 aliphatic carbocycles. The smallest absolute Gasteiger partial charge is 0.276 e. The van der Waals surface area contributed by atoms with E-state index in [1.165, 1.54) is 36.5 Å². The number of ether oxygens (including phenoxy) is 4. The summed E-state index contributed by atoms with van der Waals surface area (Å²) in [5.41, 5.74) is 0.914. The zero-order valence-corrected chi connectivity index (χ0v) is 15.6. The summed E-state index contributed by atoms with van der Waals surface area (Å²) in [6, 6.07) is 0. The van der Waals surface area contributed by atoms with Crippen molar-refractivity contribution in [3.05, 3.63) is 21.4 Å². The van der Waals surface area contributed by atoms with E-state index in [2.05, 4.69) is 9.97 Å². The molecule has 2 aliphatic heterocycles. The van der Waals surface area contributed by atoms with Crippen molar-refractivity contribution < 1.29 is 28.5 Å². The van der Waals surface area contributed by atoms with Crippen LogP contribution >= 0.6 is 22.7 Å². The molecule has 2 saturated heterocycles. The van der Waals surface area contributed by atoms with E-state index in [9.17, 15) is 9.59 Å². The van der Waals surface area contributed by atoms with Gasteiger partial charge in [-0.3, -0.25) is 9.59 Å². The highest BCUT2D eigenvalue weighted by molar-refractivity contribution is 7.23. The molecule has 0 unspecified atom stereocenters. The molecule has 2 aromatic rings. The lowest BCUT2D eigenvalue weighted by Gasteiger charge is -2.42. The largest absolute Gasteiger partial charge is 0.338 e. The van der Waals surface area contributed by atoms with Gasteiger partial charge in [0.2, 0.25) is 0 Å². The van der Waals surface area contributed by atoms with Gasteiger partial charge in [-0.15, -0.1) is 22.7 Å². The first-order chi connectivity index (χ1) is 12.5. The first-order valence-electron chi connectivity index (χ1n) is 8.09. The number of thiazole rings is 2. The SMILES string of the molecule is CC(=O)c1nc2c(s1)-c1sc(C(C)=O)nc1C1(OCCO1)C21OCCO1. The Hall–Kier alpha value is -1.56. The van der Waals surface area contributed by atoms with E-state index in [0.29, 0.717) is 57.6 Å². The monoisotopic (exact) mass is 394 g/mol. The number of rotatable bonds is 2. The third-order valence-electron chi connectivity index (χ3n) is 4.51. The van der Waals surface area contributed by atoms with Gasteiger partial charge < -0.3 is 18.9 Å². The first kappa shape index (κ1) is 16.6. The van der Waals surface area contributed by atoms with Gasteiger partial charge in [0.1, 0.15) is 11.4 Å². The summed E-state index contributed by atoms with van der Waals surface area (Å²) in [5.74, 6) is -3.17. The number of carbonyl (C=O) groups excluding carboxylic acids is 2. The summed E-state index contributed by atoms with van der Waals surface area (Å²) < 4.78 is 24.0. The molecular formula is C16H14N2O6S2. The van der Waals surface area contributed by atoms with E-state index in [0.717, 1.165) is 0 Å². The lowest BCUT2D eigenvalue weighted by Crippen LogP contribution is -2.54. The summed E-state index contributed by atoms with van der Waals surface area (Å²) in [5, 5.41) is 0.680. The number of nitrogens with zero attached hydrogens (tertiary/aromatic N) is 2. The summed E-state index contributed by atoms with van der Waals surface area (Å²) >= 11 is 2.48. The maximum atomic E-state index is 11.9. The topological polar surface area (TPSA) is 96.8 Å². The third-order valence-corrected chi connectivity index (χ3v) is 6.98. The fourth-order valence-electron chi connectivity index (χ4n) is 3.49. The Labute approximate surface area is 156 Å². The Balaban J connectivity index is 1.85. The normalized spacial score (nSPS) is 21.9. The summed E-state index contributed by atoms with van der Waals surface area (Å²) in [4.78, 5) is 34.3. The van der Waals surface area contributed by atoms with Crippen molar-refractivity contribution in [2.24, 2.45) is 0 Å². The van der Waals surface area contributed by atoms with E-state index in [4.69, 9.17) is 18.9 Å². The number of aromatic nitrogens is 2. The molecule has 2 aromatic heterocycles. The molecule has 0 bridgehead atoms. The average Bonchev–Trinajstić information content (AvgIpc) is 3.36. The van der Waals surface area contributed by atoms with Crippen LogP contribution in [0.2, 0.25) is 0 Å². The minimum Gasteiger partial charge on any atom is -0.338 e. The molecule has 0 amide bonds. The van der Waals surface area contributed by atoms with Crippen LogP contribution in [0.3, 0.4) is 0 Å². The van der Waals surface area contributed by atoms with Gasteiger partial charge in [-0.1, -0.05) is 0 Å². The zero-order chi connectivity index (χ0) is 18.1. The third kappa shape index (κ3) is 1.91. The minimum atomic E-state index is -1.43. The average molecular weight is 394 g/mol. The highest BCUT2D eigenvalue weighted by Gasteiger charge is 2.69. The van der Waals surface area contributed by atoms with Crippen LogP contribution in [0.15, 0.2) is 0 Å². The van der Waals surface area contributed by atoms with Crippen molar-refractivity contribution in [3.63, 3.8) is 0 Å². The zero-order valence-electron chi connectivity index (χ0n) is 14.0. The maximum Gasteiger partial charge on any atom is 0.276 e. The molecule has 136 valence electrons. The number of hydrogen-bond acceptors (Lipinski definition) is 10. The molecule has 3 aliphatic rings. The van der Waals surface area contributed by atoms with Crippen LogP contribution < -0.4 is 0 Å². The number of carbonyl (C=O) groups is 2. The van der Waals surface area contributed by atoms with Crippen LogP contribution in [0.4, 0.5) is 0 Å². The Bertz CT molecular complexity index is 860. The molecule has 2 fully saturated rings. The number of Topliss-reactive ketones (excluding diaryl/α,β-unsaturated/α-hetero) is 2. The van der Waals surface area contributed by atoms with Gasteiger partial charge in [0.15, 0.2) is 21.6 Å². The van der Waals surface area contributed by atoms with E-state index >= 15 is 0 Å². The lowest BCUT2D eigenvalue weighted by atomic mass is 9.90. The van der Waals surface area contributed by atoms with Crippen molar-refractivity contribution in [1.82, 2.24) is 9.97 Å². The van der Waals surface area contributed by atoms with Crippen LogP contribution in [0.1, 0.15) is 44.8 Å². The second kappa shape index (κ2) is 5.47. The predicted octanol–water partition coefficient (Wildman–Crippen LogP) is 2.08. The Morgan fingerprint density at radius 2 is 1.12 bits per heavy atom. The van der Waals surface area contributed by atoms with E-state index in [-0.39, 0.29) is 11.6 Å². The fourth-order valence-corrected chi connectivity index (χ4v) is 5.62. The molecule has 8 nitrogen and oxygen atoms in total. The number of ketones is 2. The minimum absolute atomic E-state index is 0.155. The van der Waals surface area contributed by atoms with E-state index in [1.54, 1.807) is 0 Å². The molecule has 4 heterocycles. The maximum absolute atomic E-state index is 11.9. The van der Waals surface area contributed by atoms with Gasteiger partial charge >= 0.3 is 0 Å². The van der Waals surface area contributed by atoms with Gasteiger partial charge in [0, 0.05) is 13.8 Å². The van der Waals surface area contributed by atoms with Gasteiger partial charge in [-0.05, 0) is 0 Å². The molecule has 5 rings (SSSR count). The first-order valence-corrected chi connectivity index (χ1v) is 9.72. The van der Waals surface area contributed by atoms with Crippen LogP contribution in [0, 0.1) is 0 Å². The van der Waals surface area contributed by atoms with Crippen LogP contribution in [0.25, 0.3) is 9.75 Å². The predicted molar refractivity (Wildman–Crippen MR) is 90.4 cm³/mol. The Morgan fingerprint density at radius 3 is 1.42 bits per heavy atom. The highest BCUT2D eigenvalue weighted by atomic mass is 32.1. The van der Waals surface area contributed by atoms with Crippen molar-refractivity contribution in [1.29, 1.82) is 0 Å². The second-order valence-corrected chi connectivity index (χ2v) is 8.13. The van der Waals surface area contributed by atoms with Crippen LogP contribution in [-0.2, 0) is 30.5 Å². The van der Waals surface area contributed by atoms with E-state index in [1.807, 2.05) is 0 Å². The van der Waals surface area contributed by atoms with Crippen LogP contribution in [-0.4, -0.2) is 48.0 Å². The fraction of sp³-hybridized carbons (Fsp3) is 0.500. The molecule has 26 heavy (non-hydrogen) atoms. The summed E-state index contributed by atoms with van der Waals surface area (Å²) in [7, 11) is 0. The van der Waals surface area contributed by atoms with Gasteiger partial charge in [-0.2, -0.15) is 0 Å². The highest BCUT2D eigenvalue weighted by Crippen LogP contribution is 2.61. The quantitative estimate of drug-likeness (QED) is 0.715. The van der Waals surface area contributed by atoms with Gasteiger partial charge in [-0.25, -0.2) is 9.97 Å². The molecule has 0 atom stereocenters. The van der Waals surface area contributed by atoms with Crippen molar-refractivity contribution in [2.45, 2.75) is 25.4 Å². The molecule has 0 aromatic carbocycles. The summed E-state index contributed by atoms with van der Waals surface area (Å²) in [6.07, 6.45) is 0. The summed E-state index contributed by atoms with van der Waals surface area (Å²) in [6.45, 7) is 4.25. The van der Waals surface area contributed by atoms with Crippen LogP contribution in [0.5, 0.6) is 0 Å². The molecule has 0 radical (unpaired) electrons.